The largest absolute Gasteiger partial charge is 0.486 e. The maximum absolute atomic E-state index is 12.2. The van der Waals surface area contributed by atoms with Crippen LogP contribution in [0.3, 0.4) is 0 Å². The molecule has 3 N–H and O–H groups in total. The number of aryl methyl sites for hydroxylation is 1. The number of benzene rings is 2. The molecule has 1 aliphatic rings. The molecule has 2 aromatic carbocycles. The Balaban J connectivity index is 1.49. The van der Waals surface area contributed by atoms with E-state index in [4.69, 9.17) is 9.47 Å². The highest BCUT2D eigenvalue weighted by Gasteiger charge is 2.15. The molecule has 0 atom stereocenters. The van der Waals surface area contributed by atoms with Crippen LogP contribution in [0.15, 0.2) is 47.6 Å². The Kier molecular flexibility index (Phi) is 6.63. The molecule has 0 radical (unpaired) electrons. The van der Waals surface area contributed by atoms with Gasteiger partial charge in [-0.15, -0.1) is 0 Å². The highest BCUT2D eigenvalue weighted by molar-refractivity contribution is 6.39. The fraction of sp³-hybridized carbons (Fsp3) is 0.238. The van der Waals surface area contributed by atoms with Crippen LogP contribution in [0.25, 0.3) is 0 Å². The molecule has 3 rings (SSSR count). The number of nitrogens with one attached hydrogen (secondary N) is 3. The Labute approximate surface area is 173 Å². The third kappa shape index (κ3) is 5.57. The molecular formula is C21H22N4O5. The van der Waals surface area contributed by atoms with Crippen LogP contribution in [0, 0.1) is 6.92 Å². The lowest BCUT2D eigenvalue weighted by Gasteiger charge is -2.19. The van der Waals surface area contributed by atoms with Gasteiger partial charge in [0.2, 0.25) is 5.91 Å². The lowest BCUT2D eigenvalue weighted by molar-refractivity contribution is -0.136. The first-order valence-electron chi connectivity index (χ1n) is 9.32. The van der Waals surface area contributed by atoms with Crippen molar-refractivity contribution < 1.29 is 23.9 Å². The molecule has 2 aromatic rings. The van der Waals surface area contributed by atoms with Gasteiger partial charge in [-0.05, 0) is 37.6 Å². The first-order chi connectivity index (χ1) is 14.4. The molecule has 9 heteroatoms. The van der Waals surface area contributed by atoms with E-state index in [2.05, 4.69) is 21.2 Å². The number of rotatable bonds is 5. The Morgan fingerprint density at radius 3 is 2.47 bits per heavy atom. The zero-order valence-electron chi connectivity index (χ0n) is 16.7. The van der Waals surface area contributed by atoms with Crippen molar-refractivity contribution in [2.45, 2.75) is 20.3 Å². The van der Waals surface area contributed by atoms with Gasteiger partial charge in [0.25, 0.3) is 0 Å². The number of hydrogen-bond donors (Lipinski definition) is 3. The van der Waals surface area contributed by atoms with Crippen LogP contribution in [0.1, 0.15) is 18.9 Å². The van der Waals surface area contributed by atoms with Crippen LogP contribution in [-0.4, -0.2) is 36.6 Å². The van der Waals surface area contributed by atoms with Crippen LogP contribution in [0.5, 0.6) is 11.5 Å². The maximum atomic E-state index is 12.2. The normalized spacial score (nSPS) is 12.7. The monoisotopic (exact) mass is 410 g/mol. The number of para-hydroxylation sites is 1. The quantitative estimate of drug-likeness (QED) is 0.397. The minimum Gasteiger partial charge on any atom is -0.486 e. The molecule has 9 nitrogen and oxygen atoms in total. The highest BCUT2D eigenvalue weighted by Crippen LogP contribution is 2.32. The van der Waals surface area contributed by atoms with E-state index >= 15 is 0 Å². The van der Waals surface area contributed by atoms with Gasteiger partial charge < -0.3 is 20.1 Å². The van der Waals surface area contributed by atoms with Crippen molar-refractivity contribution in [1.29, 1.82) is 0 Å². The van der Waals surface area contributed by atoms with Crippen molar-refractivity contribution in [3.05, 3.63) is 48.0 Å². The van der Waals surface area contributed by atoms with E-state index in [1.54, 1.807) is 37.3 Å². The third-order valence-electron chi connectivity index (χ3n) is 4.19. The average Bonchev–Trinajstić information content (AvgIpc) is 2.73. The summed E-state index contributed by atoms with van der Waals surface area (Å²) in [5, 5.41) is 9.05. The molecule has 0 aromatic heterocycles. The number of hydrogen-bond acceptors (Lipinski definition) is 6. The van der Waals surface area contributed by atoms with Crippen LogP contribution in [0.4, 0.5) is 11.4 Å². The van der Waals surface area contributed by atoms with Crippen molar-refractivity contribution >= 4 is 34.8 Å². The number of hydrazone groups is 1. The smallest absolute Gasteiger partial charge is 0.329 e. The minimum absolute atomic E-state index is 0.0614. The van der Waals surface area contributed by atoms with Gasteiger partial charge in [-0.3, -0.25) is 14.4 Å². The number of amides is 3. The van der Waals surface area contributed by atoms with E-state index in [0.29, 0.717) is 41.8 Å². The second-order valence-electron chi connectivity index (χ2n) is 6.64. The molecule has 0 bridgehead atoms. The van der Waals surface area contributed by atoms with Crippen molar-refractivity contribution in [1.82, 2.24) is 5.43 Å². The summed E-state index contributed by atoms with van der Waals surface area (Å²) in [7, 11) is 0. The molecule has 1 aliphatic heterocycles. The molecular weight excluding hydrogens is 388 g/mol. The summed E-state index contributed by atoms with van der Waals surface area (Å²) in [5.41, 5.74) is 4.41. The summed E-state index contributed by atoms with van der Waals surface area (Å²) in [6.45, 7) is 4.33. The summed E-state index contributed by atoms with van der Waals surface area (Å²) in [4.78, 5) is 36.1. The minimum atomic E-state index is -0.926. The standard InChI is InChI=1S/C21H22N4O5/c1-13-5-3-4-6-16(13)23-20(27)21(28)25-24-14(2)11-19(26)22-15-7-8-17-18(12-15)30-10-9-29-17/h3-8,12H,9-11H2,1-2H3,(H,22,26)(H,23,27)(H,25,28)/b24-14-. The number of carbonyl (C=O) groups is 3. The van der Waals surface area contributed by atoms with Gasteiger partial charge in [-0.2, -0.15) is 5.10 Å². The van der Waals surface area contributed by atoms with E-state index in [1.807, 2.05) is 19.1 Å². The lowest BCUT2D eigenvalue weighted by atomic mass is 10.2. The van der Waals surface area contributed by atoms with Crippen molar-refractivity contribution in [2.75, 3.05) is 23.8 Å². The van der Waals surface area contributed by atoms with Crippen molar-refractivity contribution in [3.63, 3.8) is 0 Å². The molecule has 30 heavy (non-hydrogen) atoms. The summed E-state index contributed by atoms with van der Waals surface area (Å²) < 4.78 is 10.9. The summed E-state index contributed by atoms with van der Waals surface area (Å²) in [6, 6.07) is 12.2. The van der Waals surface area contributed by atoms with Gasteiger partial charge in [0.05, 0.1) is 6.42 Å². The number of anilines is 2. The first-order valence-corrected chi connectivity index (χ1v) is 9.32. The Morgan fingerprint density at radius 2 is 1.70 bits per heavy atom. The van der Waals surface area contributed by atoms with Gasteiger partial charge in [-0.25, -0.2) is 5.43 Å². The first kappa shape index (κ1) is 20.8. The fourth-order valence-electron chi connectivity index (χ4n) is 2.69. The third-order valence-corrected chi connectivity index (χ3v) is 4.19. The second kappa shape index (κ2) is 9.55. The Morgan fingerprint density at radius 1 is 0.967 bits per heavy atom. The van der Waals surface area contributed by atoms with E-state index in [-0.39, 0.29) is 12.3 Å². The molecule has 0 spiro atoms. The van der Waals surface area contributed by atoms with E-state index in [9.17, 15) is 14.4 Å². The van der Waals surface area contributed by atoms with Gasteiger partial charge in [0.1, 0.15) is 13.2 Å². The molecule has 1 heterocycles. The molecule has 0 aliphatic carbocycles. The van der Waals surface area contributed by atoms with Crippen molar-refractivity contribution in [3.8, 4) is 11.5 Å². The van der Waals surface area contributed by atoms with Gasteiger partial charge in [0.15, 0.2) is 11.5 Å². The van der Waals surface area contributed by atoms with Gasteiger partial charge >= 0.3 is 11.8 Å². The topological polar surface area (TPSA) is 118 Å². The summed E-state index contributed by atoms with van der Waals surface area (Å²) in [5.74, 6) is -0.905. The fourth-order valence-corrected chi connectivity index (χ4v) is 2.69. The predicted octanol–water partition coefficient (Wildman–Crippen LogP) is 2.23. The van der Waals surface area contributed by atoms with E-state index < -0.39 is 11.8 Å². The Hall–Kier alpha value is -3.88. The summed E-state index contributed by atoms with van der Waals surface area (Å²) in [6.07, 6.45) is -0.0614. The van der Waals surface area contributed by atoms with Crippen LogP contribution < -0.4 is 25.5 Å². The number of ether oxygens (including phenoxy) is 2. The van der Waals surface area contributed by atoms with Gasteiger partial charge in [-0.1, -0.05) is 18.2 Å². The molecule has 3 amide bonds. The maximum Gasteiger partial charge on any atom is 0.329 e. The second-order valence-corrected chi connectivity index (χ2v) is 6.64. The Bertz CT molecular complexity index is 1000. The average molecular weight is 410 g/mol. The zero-order valence-corrected chi connectivity index (χ0v) is 16.7. The van der Waals surface area contributed by atoms with E-state index in [0.717, 1.165) is 5.56 Å². The van der Waals surface area contributed by atoms with Gasteiger partial charge in [0, 0.05) is 23.2 Å². The number of nitrogens with zero attached hydrogens (tertiary/aromatic N) is 1. The molecule has 0 unspecified atom stereocenters. The summed E-state index contributed by atoms with van der Waals surface area (Å²) >= 11 is 0. The van der Waals surface area contributed by atoms with Crippen LogP contribution in [-0.2, 0) is 14.4 Å². The van der Waals surface area contributed by atoms with E-state index in [1.165, 1.54) is 0 Å². The molecule has 0 saturated carbocycles. The molecule has 0 fully saturated rings. The number of carbonyl (C=O) groups excluding carboxylic acids is 3. The number of fused-ring (bicyclic) bond motifs is 1. The van der Waals surface area contributed by atoms with Crippen molar-refractivity contribution in [2.24, 2.45) is 5.10 Å². The van der Waals surface area contributed by atoms with Crippen LogP contribution >= 0.6 is 0 Å². The molecule has 156 valence electrons. The SMILES string of the molecule is C/C(CC(=O)Nc1ccc2c(c1)OCCO2)=N/NC(=O)C(=O)Nc1ccccc1C. The lowest BCUT2D eigenvalue weighted by Crippen LogP contribution is -2.33. The van der Waals surface area contributed by atoms with Crippen LogP contribution in [0.2, 0.25) is 0 Å². The predicted molar refractivity (Wildman–Crippen MR) is 112 cm³/mol. The zero-order chi connectivity index (χ0) is 21.5. The molecule has 0 saturated heterocycles. The highest BCUT2D eigenvalue weighted by atomic mass is 16.6.